The highest BCUT2D eigenvalue weighted by Crippen LogP contribution is 2.21. The van der Waals surface area contributed by atoms with E-state index in [9.17, 15) is 4.79 Å². The second-order valence-electron chi connectivity index (χ2n) is 6.56. The Hall–Kier alpha value is -1.85. The average Bonchev–Trinajstić information content (AvgIpc) is 2.62. The summed E-state index contributed by atoms with van der Waals surface area (Å²) in [6.07, 6.45) is 5.90. The summed E-state index contributed by atoms with van der Waals surface area (Å²) in [6.45, 7) is 4.98. The molecule has 0 bridgehead atoms. The van der Waals surface area contributed by atoms with E-state index in [1.165, 1.54) is 16.0 Å². The summed E-state index contributed by atoms with van der Waals surface area (Å²) in [5.41, 5.74) is 2.45. The Bertz CT molecular complexity index is 692. The van der Waals surface area contributed by atoms with E-state index in [1.54, 1.807) is 18.0 Å². The molecule has 3 rings (SSSR count). The standard InChI is InChI=1S/C20H25N3OS/c1-16-6-2-3-9-19(16)25-15-20(24)22-18-8-5-11-23(14-18)13-17-7-4-10-21-12-17/h2-4,6-7,9-10,12,18H,5,8,11,13-15H2,1H3,(H,22,24). The number of likely N-dealkylation sites (tertiary alicyclic amines) is 1. The molecule has 1 aromatic heterocycles. The molecule has 0 radical (unpaired) electrons. The quantitative estimate of drug-likeness (QED) is 0.808. The molecular weight excluding hydrogens is 330 g/mol. The fourth-order valence-electron chi connectivity index (χ4n) is 3.20. The molecule has 25 heavy (non-hydrogen) atoms. The lowest BCUT2D eigenvalue weighted by atomic mass is 10.1. The summed E-state index contributed by atoms with van der Waals surface area (Å²) in [5.74, 6) is 0.603. The van der Waals surface area contributed by atoms with Gasteiger partial charge in [-0.2, -0.15) is 0 Å². The highest BCUT2D eigenvalue weighted by atomic mass is 32.2. The van der Waals surface area contributed by atoms with Crippen LogP contribution in [0, 0.1) is 6.92 Å². The number of benzene rings is 1. The van der Waals surface area contributed by atoms with Crippen molar-refractivity contribution < 1.29 is 4.79 Å². The molecule has 1 aromatic carbocycles. The lowest BCUT2D eigenvalue weighted by Gasteiger charge is -2.33. The number of carbonyl (C=O) groups is 1. The summed E-state index contributed by atoms with van der Waals surface area (Å²) in [4.78, 5) is 20.1. The number of pyridine rings is 1. The highest BCUT2D eigenvalue weighted by molar-refractivity contribution is 8.00. The van der Waals surface area contributed by atoms with Gasteiger partial charge in [0.2, 0.25) is 5.91 Å². The van der Waals surface area contributed by atoms with Crippen molar-refractivity contribution in [2.75, 3.05) is 18.8 Å². The molecule has 1 atom stereocenters. The van der Waals surface area contributed by atoms with Crippen molar-refractivity contribution in [3.05, 3.63) is 59.9 Å². The van der Waals surface area contributed by atoms with Crippen LogP contribution in [0.15, 0.2) is 53.7 Å². The molecule has 1 aliphatic rings. The Morgan fingerprint density at radius 3 is 3.00 bits per heavy atom. The third-order valence-corrected chi connectivity index (χ3v) is 5.63. The Morgan fingerprint density at radius 1 is 1.32 bits per heavy atom. The maximum atomic E-state index is 12.3. The van der Waals surface area contributed by atoms with E-state index in [1.807, 2.05) is 24.4 Å². The molecule has 2 aromatic rings. The minimum Gasteiger partial charge on any atom is -0.351 e. The fourth-order valence-corrected chi connectivity index (χ4v) is 4.04. The number of nitrogens with one attached hydrogen (secondary N) is 1. The van der Waals surface area contributed by atoms with Crippen LogP contribution in [0.25, 0.3) is 0 Å². The second-order valence-corrected chi connectivity index (χ2v) is 7.57. The summed E-state index contributed by atoms with van der Waals surface area (Å²) < 4.78 is 0. The predicted octanol–water partition coefficient (Wildman–Crippen LogP) is 3.26. The molecule has 1 unspecified atom stereocenters. The van der Waals surface area contributed by atoms with E-state index in [0.29, 0.717) is 5.75 Å². The van der Waals surface area contributed by atoms with Gasteiger partial charge in [-0.15, -0.1) is 11.8 Å². The first-order valence-electron chi connectivity index (χ1n) is 8.80. The summed E-state index contributed by atoms with van der Waals surface area (Å²) in [6, 6.07) is 12.5. The highest BCUT2D eigenvalue weighted by Gasteiger charge is 2.21. The molecule has 4 nitrogen and oxygen atoms in total. The van der Waals surface area contributed by atoms with Crippen LogP contribution in [-0.2, 0) is 11.3 Å². The molecule has 132 valence electrons. The van der Waals surface area contributed by atoms with Gasteiger partial charge in [0.15, 0.2) is 0 Å². The van der Waals surface area contributed by atoms with Gasteiger partial charge in [-0.25, -0.2) is 0 Å². The van der Waals surface area contributed by atoms with Crippen molar-refractivity contribution in [1.82, 2.24) is 15.2 Å². The van der Waals surface area contributed by atoms with Gasteiger partial charge in [0.05, 0.1) is 5.75 Å². The van der Waals surface area contributed by atoms with Gasteiger partial charge in [-0.1, -0.05) is 24.3 Å². The summed E-state index contributed by atoms with van der Waals surface area (Å²) in [7, 11) is 0. The van der Waals surface area contributed by atoms with Gasteiger partial charge in [-0.05, 0) is 49.6 Å². The summed E-state index contributed by atoms with van der Waals surface area (Å²) >= 11 is 1.61. The molecule has 1 saturated heterocycles. The van der Waals surface area contributed by atoms with Crippen LogP contribution in [0.2, 0.25) is 0 Å². The minimum atomic E-state index is 0.126. The number of carbonyl (C=O) groups excluding carboxylic acids is 1. The molecule has 2 heterocycles. The van der Waals surface area contributed by atoms with Gasteiger partial charge in [0.1, 0.15) is 0 Å². The van der Waals surface area contributed by atoms with Crippen LogP contribution in [-0.4, -0.2) is 40.7 Å². The summed E-state index contributed by atoms with van der Waals surface area (Å²) in [5, 5.41) is 3.21. The SMILES string of the molecule is Cc1ccccc1SCC(=O)NC1CCCN(Cc2cccnc2)C1. The zero-order valence-electron chi connectivity index (χ0n) is 14.6. The Balaban J connectivity index is 1.45. The van der Waals surface area contributed by atoms with E-state index in [0.717, 1.165) is 32.5 Å². The van der Waals surface area contributed by atoms with Crippen molar-refractivity contribution in [1.29, 1.82) is 0 Å². The number of amides is 1. The Kier molecular flexibility index (Phi) is 6.48. The zero-order valence-corrected chi connectivity index (χ0v) is 15.5. The van der Waals surface area contributed by atoms with Crippen LogP contribution in [0.5, 0.6) is 0 Å². The van der Waals surface area contributed by atoms with Gasteiger partial charge >= 0.3 is 0 Å². The molecule has 5 heteroatoms. The zero-order chi connectivity index (χ0) is 17.5. The van der Waals surface area contributed by atoms with Gasteiger partial charge in [-0.3, -0.25) is 14.7 Å². The fraction of sp³-hybridized carbons (Fsp3) is 0.400. The van der Waals surface area contributed by atoms with Crippen LogP contribution >= 0.6 is 11.8 Å². The molecular formula is C20H25N3OS. The molecule has 1 N–H and O–H groups in total. The van der Waals surface area contributed by atoms with Crippen molar-refractivity contribution in [2.45, 2.75) is 37.2 Å². The average molecular weight is 356 g/mol. The third-order valence-electron chi connectivity index (χ3n) is 4.45. The van der Waals surface area contributed by atoms with Crippen molar-refractivity contribution in [3.8, 4) is 0 Å². The monoisotopic (exact) mass is 355 g/mol. The molecule has 0 aliphatic carbocycles. The number of aryl methyl sites for hydroxylation is 1. The number of aromatic nitrogens is 1. The number of piperidine rings is 1. The second kappa shape index (κ2) is 9.02. The van der Waals surface area contributed by atoms with Gasteiger partial charge in [0, 0.05) is 36.4 Å². The van der Waals surface area contributed by atoms with E-state index >= 15 is 0 Å². The minimum absolute atomic E-state index is 0.126. The Labute approximate surface area is 154 Å². The van der Waals surface area contributed by atoms with Crippen molar-refractivity contribution in [3.63, 3.8) is 0 Å². The first-order valence-corrected chi connectivity index (χ1v) is 9.78. The van der Waals surface area contributed by atoms with Crippen LogP contribution in [0.4, 0.5) is 0 Å². The van der Waals surface area contributed by atoms with E-state index in [2.05, 4.69) is 40.3 Å². The number of hydrogen-bond donors (Lipinski definition) is 1. The normalized spacial score (nSPS) is 18.0. The molecule has 1 amide bonds. The van der Waals surface area contributed by atoms with Gasteiger partial charge in [0.25, 0.3) is 0 Å². The topological polar surface area (TPSA) is 45.2 Å². The van der Waals surface area contributed by atoms with E-state index in [-0.39, 0.29) is 11.9 Å². The number of nitrogens with zero attached hydrogens (tertiary/aromatic N) is 2. The maximum Gasteiger partial charge on any atom is 0.230 e. The van der Waals surface area contributed by atoms with Crippen LogP contribution < -0.4 is 5.32 Å². The van der Waals surface area contributed by atoms with E-state index < -0.39 is 0 Å². The largest absolute Gasteiger partial charge is 0.351 e. The first-order chi connectivity index (χ1) is 12.2. The maximum absolute atomic E-state index is 12.3. The number of hydrogen-bond acceptors (Lipinski definition) is 4. The van der Waals surface area contributed by atoms with Crippen molar-refractivity contribution in [2.24, 2.45) is 0 Å². The number of thioether (sulfide) groups is 1. The first kappa shape index (κ1) is 18.0. The van der Waals surface area contributed by atoms with Crippen LogP contribution in [0.1, 0.15) is 24.0 Å². The molecule has 0 saturated carbocycles. The molecule has 1 fully saturated rings. The smallest absolute Gasteiger partial charge is 0.230 e. The lowest BCUT2D eigenvalue weighted by molar-refractivity contribution is -0.119. The van der Waals surface area contributed by atoms with Gasteiger partial charge < -0.3 is 5.32 Å². The van der Waals surface area contributed by atoms with Crippen LogP contribution in [0.3, 0.4) is 0 Å². The number of rotatable bonds is 6. The van der Waals surface area contributed by atoms with Crippen molar-refractivity contribution >= 4 is 17.7 Å². The third kappa shape index (κ3) is 5.58. The van der Waals surface area contributed by atoms with E-state index in [4.69, 9.17) is 0 Å². The lowest BCUT2D eigenvalue weighted by Crippen LogP contribution is -2.47. The Morgan fingerprint density at radius 2 is 2.20 bits per heavy atom. The predicted molar refractivity (Wildman–Crippen MR) is 103 cm³/mol. The molecule has 1 aliphatic heterocycles. The molecule has 0 spiro atoms.